The summed E-state index contributed by atoms with van der Waals surface area (Å²) in [5.74, 6) is 4.02. The van der Waals surface area contributed by atoms with Gasteiger partial charge in [-0.1, -0.05) is 18.2 Å². The maximum absolute atomic E-state index is 11.9. The zero-order valence-corrected chi connectivity index (χ0v) is 7.97. The van der Waals surface area contributed by atoms with Gasteiger partial charge in [-0.15, -0.1) is 0 Å². The van der Waals surface area contributed by atoms with Crippen LogP contribution < -0.4 is 10.9 Å². The number of hydrogen-bond donors (Lipinski definition) is 1. The third-order valence-corrected chi connectivity index (χ3v) is 2.71. The molecule has 0 saturated carbocycles. The van der Waals surface area contributed by atoms with E-state index >= 15 is 0 Å². The Balaban J connectivity index is 2.22. The Morgan fingerprint density at radius 2 is 1.93 bits per heavy atom. The van der Waals surface area contributed by atoms with Crippen molar-refractivity contribution in [2.45, 2.75) is 5.79 Å². The molecule has 78 valence electrons. The molecule has 2 N–H and O–H groups in total. The van der Waals surface area contributed by atoms with Crippen LogP contribution in [0.4, 0.5) is 5.69 Å². The zero-order valence-electron chi connectivity index (χ0n) is 7.97. The standard InChI is InChI=1S/C10H10N2O3/c11-12-8-4-2-1-3-7(8)10(9(12)13)14-5-6-15-10/h1-4H,5-6,11H2. The molecule has 0 unspecified atom stereocenters. The molecule has 0 atom stereocenters. The third kappa shape index (κ3) is 0.944. The number of benzene rings is 1. The van der Waals surface area contributed by atoms with E-state index in [9.17, 15) is 4.79 Å². The first-order valence-electron chi connectivity index (χ1n) is 4.72. The first kappa shape index (κ1) is 8.84. The van der Waals surface area contributed by atoms with E-state index in [1.54, 1.807) is 12.1 Å². The number of carbonyl (C=O) groups is 1. The lowest BCUT2D eigenvalue weighted by molar-refractivity contribution is -0.180. The Morgan fingerprint density at radius 1 is 1.27 bits per heavy atom. The minimum Gasteiger partial charge on any atom is -0.336 e. The number of hydrazine groups is 1. The second-order valence-corrected chi connectivity index (χ2v) is 3.51. The van der Waals surface area contributed by atoms with Crippen LogP contribution in [0.15, 0.2) is 24.3 Å². The van der Waals surface area contributed by atoms with Crippen molar-refractivity contribution in [1.29, 1.82) is 0 Å². The highest BCUT2D eigenvalue weighted by molar-refractivity contribution is 6.05. The largest absolute Gasteiger partial charge is 0.336 e. The number of ether oxygens (including phenoxy) is 2. The molecule has 0 aromatic heterocycles. The van der Waals surface area contributed by atoms with E-state index in [2.05, 4.69) is 0 Å². The van der Waals surface area contributed by atoms with E-state index < -0.39 is 5.79 Å². The fourth-order valence-corrected chi connectivity index (χ4v) is 2.04. The number of nitrogens with zero attached hydrogens (tertiary/aromatic N) is 1. The van der Waals surface area contributed by atoms with Crippen molar-refractivity contribution in [1.82, 2.24) is 0 Å². The molecular formula is C10H10N2O3. The number of rotatable bonds is 0. The highest BCUT2D eigenvalue weighted by Crippen LogP contribution is 2.43. The van der Waals surface area contributed by atoms with Gasteiger partial charge in [0.1, 0.15) is 0 Å². The molecule has 0 bridgehead atoms. The number of hydrogen-bond acceptors (Lipinski definition) is 4. The SMILES string of the molecule is NN1C(=O)C2(OCCO2)c2ccccc21. The van der Waals surface area contributed by atoms with Gasteiger partial charge in [-0.3, -0.25) is 4.79 Å². The summed E-state index contributed by atoms with van der Waals surface area (Å²) in [5.41, 5.74) is 1.33. The van der Waals surface area contributed by atoms with Gasteiger partial charge in [0, 0.05) is 5.56 Å². The van der Waals surface area contributed by atoms with Crippen LogP contribution in [-0.2, 0) is 20.1 Å². The minimum atomic E-state index is -1.29. The van der Waals surface area contributed by atoms with Crippen molar-refractivity contribution < 1.29 is 14.3 Å². The molecular weight excluding hydrogens is 196 g/mol. The molecule has 5 heteroatoms. The minimum absolute atomic E-state index is 0.360. The molecule has 5 nitrogen and oxygen atoms in total. The lowest BCUT2D eigenvalue weighted by Gasteiger charge is -2.19. The van der Waals surface area contributed by atoms with Crippen LogP contribution in [-0.4, -0.2) is 19.1 Å². The Morgan fingerprint density at radius 3 is 2.67 bits per heavy atom. The first-order chi connectivity index (χ1) is 7.26. The summed E-state index contributed by atoms with van der Waals surface area (Å²) in [6.45, 7) is 0.821. The fourth-order valence-electron chi connectivity index (χ4n) is 2.04. The maximum atomic E-state index is 11.9. The van der Waals surface area contributed by atoms with Gasteiger partial charge in [-0.2, -0.15) is 0 Å². The number of para-hydroxylation sites is 1. The summed E-state index contributed by atoms with van der Waals surface area (Å²) < 4.78 is 10.8. The van der Waals surface area contributed by atoms with E-state index in [-0.39, 0.29) is 5.91 Å². The molecule has 1 aromatic rings. The highest BCUT2D eigenvalue weighted by Gasteiger charge is 2.55. The van der Waals surface area contributed by atoms with Crippen LogP contribution in [0.25, 0.3) is 0 Å². The average Bonchev–Trinajstić information content (AvgIpc) is 2.83. The van der Waals surface area contributed by atoms with Crippen LogP contribution in [0.2, 0.25) is 0 Å². The molecule has 0 aliphatic carbocycles. The van der Waals surface area contributed by atoms with Crippen molar-refractivity contribution in [2.24, 2.45) is 5.84 Å². The molecule has 1 amide bonds. The summed E-state index contributed by atoms with van der Waals surface area (Å²) >= 11 is 0. The van der Waals surface area contributed by atoms with Crippen LogP contribution in [0.3, 0.4) is 0 Å². The number of fused-ring (bicyclic) bond motifs is 2. The van der Waals surface area contributed by atoms with Gasteiger partial charge in [0.2, 0.25) is 0 Å². The molecule has 1 aromatic carbocycles. The van der Waals surface area contributed by atoms with Crippen LogP contribution in [0.1, 0.15) is 5.56 Å². The predicted octanol–water partition coefficient (Wildman–Crippen LogP) is 0.107. The molecule has 2 aliphatic heterocycles. The normalized spacial score (nSPS) is 22.5. The summed E-state index contributed by atoms with van der Waals surface area (Å²) in [4.78, 5) is 11.9. The molecule has 0 radical (unpaired) electrons. The van der Waals surface area contributed by atoms with Gasteiger partial charge in [0.15, 0.2) is 0 Å². The molecule has 3 rings (SSSR count). The van der Waals surface area contributed by atoms with Gasteiger partial charge in [-0.25, -0.2) is 10.9 Å². The van der Waals surface area contributed by atoms with Gasteiger partial charge in [0.25, 0.3) is 5.79 Å². The molecule has 2 heterocycles. The van der Waals surface area contributed by atoms with E-state index in [4.69, 9.17) is 15.3 Å². The van der Waals surface area contributed by atoms with Gasteiger partial charge in [-0.05, 0) is 6.07 Å². The van der Waals surface area contributed by atoms with E-state index in [0.29, 0.717) is 24.5 Å². The smallest absolute Gasteiger partial charge is 0.306 e. The van der Waals surface area contributed by atoms with Crippen molar-refractivity contribution in [2.75, 3.05) is 18.2 Å². The molecule has 1 saturated heterocycles. The topological polar surface area (TPSA) is 64.8 Å². The second kappa shape index (κ2) is 2.79. The Kier molecular flexibility index (Phi) is 1.64. The maximum Gasteiger partial charge on any atom is 0.306 e. The van der Waals surface area contributed by atoms with Crippen LogP contribution >= 0.6 is 0 Å². The molecule has 1 fully saturated rings. The lowest BCUT2D eigenvalue weighted by Crippen LogP contribution is -2.44. The monoisotopic (exact) mass is 206 g/mol. The van der Waals surface area contributed by atoms with Crippen molar-refractivity contribution in [3.63, 3.8) is 0 Å². The first-order valence-corrected chi connectivity index (χ1v) is 4.72. The summed E-state index contributed by atoms with van der Waals surface area (Å²) in [7, 11) is 0. The van der Waals surface area contributed by atoms with Crippen molar-refractivity contribution in [3.8, 4) is 0 Å². The number of anilines is 1. The predicted molar refractivity (Wildman–Crippen MR) is 51.7 cm³/mol. The fraction of sp³-hybridized carbons (Fsp3) is 0.300. The summed E-state index contributed by atoms with van der Waals surface area (Å²) in [6, 6.07) is 7.22. The zero-order chi connectivity index (χ0) is 10.5. The second-order valence-electron chi connectivity index (χ2n) is 3.51. The summed E-state index contributed by atoms with van der Waals surface area (Å²) in [6.07, 6.45) is 0. The lowest BCUT2D eigenvalue weighted by atomic mass is 10.1. The van der Waals surface area contributed by atoms with Gasteiger partial charge in [0.05, 0.1) is 18.9 Å². The van der Waals surface area contributed by atoms with Gasteiger partial charge < -0.3 is 9.47 Å². The Labute approximate surface area is 86.3 Å². The average molecular weight is 206 g/mol. The molecule has 1 spiro atoms. The van der Waals surface area contributed by atoms with E-state index in [1.807, 2.05) is 12.1 Å². The van der Waals surface area contributed by atoms with Gasteiger partial charge >= 0.3 is 5.91 Å². The number of nitrogens with two attached hydrogens (primary N) is 1. The third-order valence-electron chi connectivity index (χ3n) is 2.71. The van der Waals surface area contributed by atoms with Crippen LogP contribution in [0.5, 0.6) is 0 Å². The van der Waals surface area contributed by atoms with E-state index in [1.165, 1.54) is 0 Å². The van der Waals surface area contributed by atoms with Crippen molar-refractivity contribution in [3.05, 3.63) is 29.8 Å². The van der Waals surface area contributed by atoms with Crippen LogP contribution in [0, 0.1) is 0 Å². The van der Waals surface area contributed by atoms with E-state index in [0.717, 1.165) is 5.01 Å². The Bertz CT molecular complexity index is 426. The molecule has 15 heavy (non-hydrogen) atoms. The highest BCUT2D eigenvalue weighted by atomic mass is 16.7. The quantitative estimate of drug-likeness (QED) is 0.483. The number of carbonyl (C=O) groups excluding carboxylic acids is 1. The molecule has 2 aliphatic rings. The van der Waals surface area contributed by atoms with Crippen molar-refractivity contribution >= 4 is 11.6 Å². The summed E-state index contributed by atoms with van der Waals surface area (Å²) in [5, 5.41) is 1.08. The number of amides is 1. The Hall–Kier alpha value is -1.43.